The third kappa shape index (κ3) is 4.29. The van der Waals surface area contributed by atoms with Gasteiger partial charge in [0.1, 0.15) is 5.82 Å². The third-order valence-corrected chi connectivity index (χ3v) is 4.95. The van der Waals surface area contributed by atoms with Crippen LogP contribution in [0.2, 0.25) is 0 Å². The zero-order chi connectivity index (χ0) is 18.5. The van der Waals surface area contributed by atoms with Crippen molar-refractivity contribution in [2.24, 2.45) is 7.05 Å². The Morgan fingerprint density at radius 3 is 2.69 bits per heavy atom. The standard InChI is InChI=1S/C19H19FN4OS/c1-13(14-7-4-3-5-8-14)21-17(25)12-26-19-23-22-18(24(19)2)15-9-6-10-16(20)11-15/h3-11,13H,12H2,1-2H3,(H,21,25). The maximum atomic E-state index is 13.4. The van der Waals surface area contributed by atoms with E-state index in [1.54, 1.807) is 23.7 Å². The van der Waals surface area contributed by atoms with Crippen LogP contribution in [0.1, 0.15) is 18.5 Å². The van der Waals surface area contributed by atoms with Gasteiger partial charge in [0.25, 0.3) is 0 Å². The molecule has 0 spiro atoms. The first-order valence-electron chi connectivity index (χ1n) is 8.17. The molecule has 0 saturated carbocycles. The quantitative estimate of drug-likeness (QED) is 0.674. The Balaban J connectivity index is 1.61. The maximum absolute atomic E-state index is 13.4. The number of hydrogen-bond acceptors (Lipinski definition) is 4. The van der Waals surface area contributed by atoms with Gasteiger partial charge in [0.2, 0.25) is 5.91 Å². The van der Waals surface area contributed by atoms with Crippen LogP contribution < -0.4 is 5.32 Å². The Bertz CT molecular complexity index is 898. The fraction of sp³-hybridized carbons (Fsp3) is 0.211. The van der Waals surface area contributed by atoms with Gasteiger partial charge in [-0.25, -0.2) is 4.39 Å². The van der Waals surface area contributed by atoms with Gasteiger partial charge in [-0.15, -0.1) is 10.2 Å². The van der Waals surface area contributed by atoms with E-state index >= 15 is 0 Å². The van der Waals surface area contributed by atoms with Gasteiger partial charge >= 0.3 is 0 Å². The molecule has 3 rings (SSSR count). The van der Waals surface area contributed by atoms with E-state index in [9.17, 15) is 9.18 Å². The van der Waals surface area contributed by atoms with Crippen molar-refractivity contribution in [1.82, 2.24) is 20.1 Å². The lowest BCUT2D eigenvalue weighted by Gasteiger charge is -2.13. The van der Waals surface area contributed by atoms with E-state index in [2.05, 4.69) is 15.5 Å². The zero-order valence-corrected chi connectivity index (χ0v) is 15.3. The SMILES string of the molecule is CC(NC(=O)CSc1nnc(-c2cccc(F)c2)n1C)c1ccccc1. The van der Waals surface area contributed by atoms with Gasteiger partial charge in [-0.2, -0.15) is 0 Å². The molecule has 0 aliphatic heterocycles. The number of carbonyl (C=O) groups is 1. The first-order chi connectivity index (χ1) is 12.5. The molecule has 0 aliphatic carbocycles. The second kappa shape index (κ2) is 8.14. The number of amides is 1. The van der Waals surface area contributed by atoms with Crippen molar-refractivity contribution < 1.29 is 9.18 Å². The zero-order valence-electron chi connectivity index (χ0n) is 14.5. The summed E-state index contributed by atoms with van der Waals surface area (Å²) in [5.41, 5.74) is 1.70. The molecule has 0 saturated heterocycles. The predicted molar refractivity (Wildman–Crippen MR) is 100 cm³/mol. The number of carbonyl (C=O) groups excluding carboxylic acids is 1. The lowest BCUT2D eigenvalue weighted by molar-refractivity contribution is -0.119. The summed E-state index contributed by atoms with van der Waals surface area (Å²) in [5, 5.41) is 11.8. The van der Waals surface area contributed by atoms with E-state index in [4.69, 9.17) is 0 Å². The number of hydrogen-bond donors (Lipinski definition) is 1. The molecule has 0 aliphatic rings. The van der Waals surface area contributed by atoms with Crippen molar-refractivity contribution in [3.05, 3.63) is 66.0 Å². The topological polar surface area (TPSA) is 59.8 Å². The van der Waals surface area contributed by atoms with Crippen molar-refractivity contribution in [1.29, 1.82) is 0 Å². The molecule has 2 aromatic carbocycles. The largest absolute Gasteiger partial charge is 0.349 e. The Morgan fingerprint density at radius 1 is 1.19 bits per heavy atom. The van der Waals surface area contributed by atoms with Gasteiger partial charge in [-0.3, -0.25) is 4.79 Å². The van der Waals surface area contributed by atoms with Gasteiger partial charge in [-0.1, -0.05) is 54.2 Å². The van der Waals surface area contributed by atoms with Crippen LogP contribution >= 0.6 is 11.8 Å². The van der Waals surface area contributed by atoms with Crippen LogP contribution in [-0.2, 0) is 11.8 Å². The van der Waals surface area contributed by atoms with Gasteiger partial charge in [0.05, 0.1) is 11.8 Å². The Labute approximate surface area is 155 Å². The average Bonchev–Trinajstić information content (AvgIpc) is 3.01. The van der Waals surface area contributed by atoms with Crippen molar-refractivity contribution >= 4 is 17.7 Å². The number of aromatic nitrogens is 3. The molecule has 0 bridgehead atoms. The Kier molecular flexibility index (Phi) is 5.68. The molecular weight excluding hydrogens is 351 g/mol. The molecule has 7 heteroatoms. The first kappa shape index (κ1) is 18.1. The summed E-state index contributed by atoms with van der Waals surface area (Å²) in [6.07, 6.45) is 0. The van der Waals surface area contributed by atoms with Crippen LogP contribution in [0, 0.1) is 5.82 Å². The lowest BCUT2D eigenvalue weighted by atomic mass is 10.1. The van der Waals surface area contributed by atoms with Crippen LogP contribution in [0.4, 0.5) is 4.39 Å². The van der Waals surface area contributed by atoms with Crippen molar-refractivity contribution in [3.8, 4) is 11.4 Å². The smallest absolute Gasteiger partial charge is 0.230 e. The fourth-order valence-corrected chi connectivity index (χ4v) is 3.28. The van der Waals surface area contributed by atoms with Gasteiger partial charge in [0.15, 0.2) is 11.0 Å². The number of nitrogens with one attached hydrogen (secondary N) is 1. The molecule has 0 radical (unpaired) electrons. The number of halogens is 1. The monoisotopic (exact) mass is 370 g/mol. The van der Waals surface area contributed by atoms with E-state index in [1.807, 2.05) is 37.3 Å². The Hall–Kier alpha value is -2.67. The van der Waals surface area contributed by atoms with E-state index < -0.39 is 0 Å². The molecule has 5 nitrogen and oxygen atoms in total. The highest BCUT2D eigenvalue weighted by molar-refractivity contribution is 7.99. The summed E-state index contributed by atoms with van der Waals surface area (Å²) in [6.45, 7) is 1.95. The van der Waals surface area contributed by atoms with Crippen LogP contribution in [0.15, 0.2) is 59.8 Å². The molecule has 26 heavy (non-hydrogen) atoms. The second-order valence-corrected chi connectivity index (χ2v) is 6.81. The molecule has 1 unspecified atom stereocenters. The molecule has 1 heterocycles. The van der Waals surface area contributed by atoms with Crippen LogP contribution in [-0.4, -0.2) is 26.4 Å². The van der Waals surface area contributed by atoms with E-state index in [1.165, 1.54) is 23.9 Å². The van der Waals surface area contributed by atoms with E-state index in [-0.39, 0.29) is 23.5 Å². The fourth-order valence-electron chi connectivity index (χ4n) is 2.56. The lowest BCUT2D eigenvalue weighted by Crippen LogP contribution is -2.28. The van der Waals surface area contributed by atoms with Crippen LogP contribution in [0.5, 0.6) is 0 Å². The normalized spacial score (nSPS) is 12.0. The highest BCUT2D eigenvalue weighted by Gasteiger charge is 2.14. The molecule has 134 valence electrons. The summed E-state index contributed by atoms with van der Waals surface area (Å²) in [7, 11) is 1.80. The van der Waals surface area contributed by atoms with Crippen molar-refractivity contribution in [3.63, 3.8) is 0 Å². The molecule has 1 atom stereocenters. The summed E-state index contributed by atoms with van der Waals surface area (Å²) in [6, 6.07) is 15.9. The number of thioether (sulfide) groups is 1. The molecule has 1 amide bonds. The van der Waals surface area contributed by atoms with Gasteiger partial charge < -0.3 is 9.88 Å². The highest BCUT2D eigenvalue weighted by atomic mass is 32.2. The van der Waals surface area contributed by atoms with E-state index in [0.717, 1.165) is 5.56 Å². The number of nitrogens with zero attached hydrogens (tertiary/aromatic N) is 3. The first-order valence-corrected chi connectivity index (χ1v) is 9.15. The molecule has 1 N–H and O–H groups in total. The van der Waals surface area contributed by atoms with Gasteiger partial charge in [-0.05, 0) is 24.6 Å². The number of rotatable bonds is 6. The second-order valence-electron chi connectivity index (χ2n) is 5.86. The minimum absolute atomic E-state index is 0.0633. The molecule has 0 fully saturated rings. The van der Waals surface area contributed by atoms with Crippen molar-refractivity contribution in [2.45, 2.75) is 18.1 Å². The average molecular weight is 370 g/mol. The minimum Gasteiger partial charge on any atom is -0.349 e. The van der Waals surface area contributed by atoms with Gasteiger partial charge in [0, 0.05) is 12.6 Å². The summed E-state index contributed by atoms with van der Waals surface area (Å²) in [5.74, 6) is 0.382. The predicted octanol–water partition coefficient (Wildman–Crippen LogP) is 3.59. The summed E-state index contributed by atoms with van der Waals surface area (Å²) in [4.78, 5) is 12.2. The molecular formula is C19H19FN4OS. The summed E-state index contributed by atoms with van der Waals surface area (Å²) < 4.78 is 15.1. The Morgan fingerprint density at radius 2 is 1.96 bits per heavy atom. The molecule has 1 aromatic heterocycles. The third-order valence-electron chi connectivity index (χ3n) is 3.93. The minimum atomic E-state index is -0.325. The number of benzene rings is 2. The van der Waals surface area contributed by atoms with Crippen LogP contribution in [0.25, 0.3) is 11.4 Å². The maximum Gasteiger partial charge on any atom is 0.230 e. The molecule has 3 aromatic rings. The highest BCUT2D eigenvalue weighted by Crippen LogP contribution is 2.23. The van der Waals surface area contributed by atoms with E-state index in [0.29, 0.717) is 16.5 Å². The van der Waals surface area contributed by atoms with Crippen LogP contribution in [0.3, 0.4) is 0 Å². The summed E-state index contributed by atoms with van der Waals surface area (Å²) >= 11 is 1.30. The van der Waals surface area contributed by atoms with Crippen molar-refractivity contribution in [2.75, 3.05) is 5.75 Å².